The molecular weight excluding hydrogens is 288 g/mol. The topological polar surface area (TPSA) is 141 Å². The van der Waals surface area contributed by atoms with Crippen molar-refractivity contribution < 1.29 is 15.0 Å². The monoisotopic (exact) mass is 304 g/mol. The fraction of sp³-hybridized carbons (Fsp3) is 0.308. The highest BCUT2D eigenvalue weighted by atomic mass is 16.4. The maximum Gasteiger partial charge on any atom is 0.324 e. The number of guanidine groups is 1. The minimum absolute atomic E-state index is 0.000741. The molecule has 0 saturated carbocycles. The summed E-state index contributed by atoms with van der Waals surface area (Å²) in [7, 11) is 2.77. The number of hydrogen-bond acceptors (Lipinski definition) is 5. The van der Waals surface area contributed by atoms with Crippen LogP contribution in [0.15, 0.2) is 34.5 Å². The molecule has 3 rings (SSSR count). The normalized spacial score (nSPS) is 31.5. The molecule has 0 unspecified atom stereocenters. The van der Waals surface area contributed by atoms with Gasteiger partial charge in [0, 0.05) is 25.2 Å². The van der Waals surface area contributed by atoms with Crippen LogP contribution in [-0.2, 0) is 5.72 Å². The summed E-state index contributed by atoms with van der Waals surface area (Å²) in [6.45, 7) is 0. The van der Waals surface area contributed by atoms with Crippen LogP contribution in [0.25, 0.3) is 0 Å². The number of likely N-dealkylation sites (N-methyl/N-ethyl adjacent to an activating group) is 2. The molecule has 9 nitrogen and oxygen atoms in total. The Morgan fingerprint density at radius 3 is 2.36 bits per heavy atom. The van der Waals surface area contributed by atoms with E-state index in [0.717, 1.165) is 9.80 Å². The Kier molecular flexibility index (Phi) is 2.72. The molecule has 1 aliphatic heterocycles. The highest BCUT2D eigenvalue weighted by Crippen LogP contribution is 2.52. The lowest BCUT2D eigenvalue weighted by Gasteiger charge is -2.35. The van der Waals surface area contributed by atoms with Crippen molar-refractivity contribution in [2.75, 3.05) is 14.1 Å². The summed E-state index contributed by atoms with van der Waals surface area (Å²) in [5.74, 6) is -0.302. The number of nitrogens with two attached hydrogens (primary N) is 2. The zero-order valence-electron chi connectivity index (χ0n) is 12.1. The first-order valence-electron chi connectivity index (χ1n) is 6.49. The maximum absolute atomic E-state index is 12.2. The molecule has 1 saturated heterocycles. The van der Waals surface area contributed by atoms with E-state index in [-0.39, 0.29) is 11.7 Å². The Morgan fingerprint density at radius 2 is 1.73 bits per heavy atom. The van der Waals surface area contributed by atoms with Gasteiger partial charge >= 0.3 is 6.03 Å². The van der Waals surface area contributed by atoms with Gasteiger partial charge in [-0.3, -0.25) is 9.80 Å². The largest absolute Gasteiger partial charge is 0.369 e. The molecule has 0 bridgehead atoms. The second-order valence-electron chi connectivity index (χ2n) is 5.26. The van der Waals surface area contributed by atoms with Crippen LogP contribution in [0.5, 0.6) is 0 Å². The third-order valence-corrected chi connectivity index (χ3v) is 4.18. The quantitative estimate of drug-likeness (QED) is 0.284. The van der Waals surface area contributed by atoms with Gasteiger partial charge in [0.05, 0.1) is 0 Å². The molecule has 1 fully saturated rings. The highest BCUT2D eigenvalue weighted by Gasteiger charge is 2.72. The lowest BCUT2D eigenvalue weighted by Crippen LogP contribution is -2.59. The van der Waals surface area contributed by atoms with Crippen LogP contribution in [0.2, 0.25) is 0 Å². The van der Waals surface area contributed by atoms with Gasteiger partial charge in [0.25, 0.3) is 0 Å². The predicted octanol–water partition coefficient (Wildman–Crippen LogP) is -1.49. The predicted molar refractivity (Wildman–Crippen MR) is 78.6 cm³/mol. The number of carbonyl (C=O) groups is 1. The number of nitrogens with zero attached hydrogens (tertiary/aromatic N) is 4. The Morgan fingerprint density at radius 1 is 1.14 bits per heavy atom. The van der Waals surface area contributed by atoms with Crippen molar-refractivity contribution in [2.45, 2.75) is 11.4 Å². The highest BCUT2D eigenvalue weighted by molar-refractivity contribution is 6.14. The average Bonchev–Trinajstić information content (AvgIpc) is 2.77. The van der Waals surface area contributed by atoms with Crippen LogP contribution in [0.4, 0.5) is 4.79 Å². The van der Waals surface area contributed by atoms with Gasteiger partial charge in [0.15, 0.2) is 0 Å². The van der Waals surface area contributed by atoms with Crippen LogP contribution in [-0.4, -0.2) is 57.5 Å². The molecule has 22 heavy (non-hydrogen) atoms. The number of fused-ring (bicyclic) bond motifs is 3. The van der Waals surface area contributed by atoms with E-state index in [2.05, 4.69) is 10.2 Å². The third-order valence-electron chi connectivity index (χ3n) is 4.18. The average molecular weight is 304 g/mol. The van der Waals surface area contributed by atoms with E-state index < -0.39 is 17.5 Å². The van der Waals surface area contributed by atoms with Crippen molar-refractivity contribution in [1.82, 2.24) is 9.80 Å². The SMILES string of the molecule is CN1C(=O)N(C)[C@@]2(O)/C(=N\N=C(N)N)c3ccccc3[C@@]12O. The molecule has 1 aliphatic carbocycles. The lowest BCUT2D eigenvalue weighted by atomic mass is 9.99. The number of amides is 2. The van der Waals surface area contributed by atoms with E-state index in [4.69, 9.17) is 11.5 Å². The van der Waals surface area contributed by atoms with Gasteiger partial charge in [-0.1, -0.05) is 24.3 Å². The minimum atomic E-state index is -2.10. The number of urea groups is 1. The summed E-state index contributed by atoms with van der Waals surface area (Å²) in [5, 5.41) is 29.7. The van der Waals surface area contributed by atoms with E-state index in [1.54, 1.807) is 24.3 Å². The molecule has 2 aliphatic rings. The smallest absolute Gasteiger partial charge is 0.324 e. The second-order valence-corrected chi connectivity index (χ2v) is 5.26. The Hall–Kier alpha value is -2.65. The first kappa shape index (κ1) is 14.3. The van der Waals surface area contributed by atoms with Gasteiger partial charge in [0.2, 0.25) is 17.4 Å². The molecule has 2 atom stereocenters. The van der Waals surface area contributed by atoms with Crippen LogP contribution < -0.4 is 11.5 Å². The summed E-state index contributed by atoms with van der Waals surface area (Å²) < 4.78 is 0. The molecular formula is C13H16N6O3. The van der Waals surface area contributed by atoms with E-state index in [9.17, 15) is 15.0 Å². The van der Waals surface area contributed by atoms with Crippen LogP contribution >= 0.6 is 0 Å². The molecule has 0 spiro atoms. The number of benzene rings is 1. The van der Waals surface area contributed by atoms with Crippen molar-refractivity contribution >= 4 is 17.7 Å². The molecule has 1 heterocycles. The van der Waals surface area contributed by atoms with Gasteiger partial charge in [-0.05, 0) is 0 Å². The number of hydrogen-bond donors (Lipinski definition) is 4. The van der Waals surface area contributed by atoms with Crippen LogP contribution in [0.3, 0.4) is 0 Å². The summed E-state index contributed by atoms with van der Waals surface area (Å²) >= 11 is 0. The molecule has 116 valence electrons. The van der Waals surface area contributed by atoms with E-state index in [1.807, 2.05) is 0 Å². The summed E-state index contributed by atoms with van der Waals surface area (Å²) in [6, 6.07) is 6.13. The minimum Gasteiger partial charge on any atom is -0.369 e. The fourth-order valence-electron chi connectivity index (χ4n) is 3.07. The lowest BCUT2D eigenvalue weighted by molar-refractivity contribution is -0.184. The maximum atomic E-state index is 12.2. The summed E-state index contributed by atoms with van der Waals surface area (Å²) in [4.78, 5) is 14.3. The van der Waals surface area contributed by atoms with Crippen molar-refractivity contribution in [3.63, 3.8) is 0 Å². The molecule has 9 heteroatoms. The molecule has 0 aromatic heterocycles. The number of rotatable bonds is 1. The van der Waals surface area contributed by atoms with Gasteiger partial charge in [-0.2, -0.15) is 0 Å². The molecule has 1 aromatic rings. The Balaban J connectivity index is 2.36. The second kappa shape index (κ2) is 4.18. The van der Waals surface area contributed by atoms with Crippen molar-refractivity contribution in [1.29, 1.82) is 0 Å². The van der Waals surface area contributed by atoms with E-state index in [1.165, 1.54) is 14.1 Å². The standard InChI is InChI=1S/C13H16N6O3/c1-18-11(20)19(2)13(22)9(16-17-10(14)15)7-5-3-4-6-8(7)12(13,18)21/h3-6,21-22H,1-2H3,(H4,14,15,17)/b16-9-/t12-,13+/m0/s1. The van der Waals surface area contributed by atoms with Crippen molar-refractivity contribution in [3.05, 3.63) is 35.4 Å². The molecule has 6 N–H and O–H groups in total. The first-order chi connectivity index (χ1) is 10.3. The van der Waals surface area contributed by atoms with Crippen molar-refractivity contribution in [3.8, 4) is 0 Å². The Labute approximate surface area is 126 Å². The summed E-state index contributed by atoms with van der Waals surface area (Å²) in [6.07, 6.45) is 0. The van der Waals surface area contributed by atoms with Gasteiger partial charge < -0.3 is 21.7 Å². The van der Waals surface area contributed by atoms with E-state index >= 15 is 0 Å². The van der Waals surface area contributed by atoms with Gasteiger partial charge in [-0.25, -0.2) is 4.79 Å². The number of carbonyl (C=O) groups excluding carboxylic acids is 1. The molecule has 0 radical (unpaired) electrons. The van der Waals surface area contributed by atoms with Crippen LogP contribution in [0.1, 0.15) is 11.1 Å². The van der Waals surface area contributed by atoms with Gasteiger partial charge in [0.1, 0.15) is 5.71 Å². The number of aliphatic hydroxyl groups is 2. The first-order valence-corrected chi connectivity index (χ1v) is 6.49. The van der Waals surface area contributed by atoms with Crippen molar-refractivity contribution in [2.24, 2.45) is 21.7 Å². The third kappa shape index (κ3) is 1.36. The molecule has 1 aromatic carbocycles. The summed E-state index contributed by atoms with van der Waals surface area (Å²) in [5.41, 5.74) is 7.29. The zero-order chi connectivity index (χ0) is 16.3. The zero-order valence-corrected chi connectivity index (χ0v) is 12.1. The van der Waals surface area contributed by atoms with E-state index in [0.29, 0.717) is 11.1 Å². The fourth-order valence-corrected chi connectivity index (χ4v) is 3.07. The van der Waals surface area contributed by atoms with Gasteiger partial charge in [-0.15, -0.1) is 10.2 Å². The molecule has 2 amide bonds. The van der Waals surface area contributed by atoms with Crippen LogP contribution in [0, 0.1) is 0 Å². The Bertz CT molecular complexity index is 728.